The Kier molecular flexibility index (Phi) is 6.90. The third-order valence-corrected chi connectivity index (χ3v) is 1.17. The molecule has 0 N–H and O–H groups in total. The van der Waals surface area contributed by atoms with Gasteiger partial charge in [0.05, 0.1) is 12.5 Å². The summed E-state index contributed by atoms with van der Waals surface area (Å²) in [5, 5.41) is 0. The van der Waals surface area contributed by atoms with Crippen molar-refractivity contribution in [2.75, 3.05) is 0 Å². The van der Waals surface area contributed by atoms with Crippen LogP contribution >= 0.6 is 0 Å². The van der Waals surface area contributed by atoms with Crippen LogP contribution < -0.4 is 0 Å². The van der Waals surface area contributed by atoms with Gasteiger partial charge in [0.1, 0.15) is 0 Å². The molecule has 0 saturated heterocycles. The first kappa shape index (κ1) is 10.3. The lowest BCUT2D eigenvalue weighted by Gasteiger charge is -1.92. The fourth-order valence-corrected chi connectivity index (χ4v) is 0.538. The minimum Gasteiger partial charge on any atom is -0.473 e. The second-order valence-corrected chi connectivity index (χ2v) is 2.87. The lowest BCUT2D eigenvalue weighted by atomic mass is 10.2. The van der Waals surface area contributed by atoms with Gasteiger partial charge in [-0.25, -0.2) is 0 Å². The third kappa shape index (κ3) is 9.28. The van der Waals surface area contributed by atoms with Crippen molar-refractivity contribution in [2.45, 2.75) is 33.6 Å². The van der Waals surface area contributed by atoms with Crippen LogP contribution in [0.5, 0.6) is 0 Å². The van der Waals surface area contributed by atoms with E-state index in [2.05, 4.69) is 20.8 Å². The van der Waals surface area contributed by atoms with E-state index in [4.69, 9.17) is 4.74 Å². The van der Waals surface area contributed by atoms with Gasteiger partial charge in [0.2, 0.25) is 0 Å². The van der Waals surface area contributed by atoms with Crippen LogP contribution in [0.25, 0.3) is 0 Å². The Morgan fingerprint density at radius 2 is 2.00 bits per heavy atom. The highest BCUT2D eigenvalue weighted by Crippen LogP contribution is 1.94. The van der Waals surface area contributed by atoms with E-state index >= 15 is 0 Å². The molecule has 0 saturated carbocycles. The molecule has 64 valence electrons. The summed E-state index contributed by atoms with van der Waals surface area (Å²) in [6.45, 7) is 6.39. The zero-order chi connectivity index (χ0) is 8.53. The number of hydrogen-bond donors (Lipinski definition) is 0. The maximum atomic E-state index is 5.09. The van der Waals surface area contributed by atoms with E-state index in [0.29, 0.717) is 5.92 Å². The summed E-state index contributed by atoms with van der Waals surface area (Å²) < 4.78 is 5.09. The quantitative estimate of drug-likeness (QED) is 0.551. The molecule has 0 aromatic carbocycles. The maximum absolute atomic E-state index is 5.09. The smallest absolute Gasteiger partial charge is 0.0863 e. The van der Waals surface area contributed by atoms with Crippen molar-refractivity contribution < 1.29 is 4.74 Å². The molecule has 11 heavy (non-hydrogen) atoms. The topological polar surface area (TPSA) is 9.23 Å². The van der Waals surface area contributed by atoms with Crippen LogP contribution in [-0.2, 0) is 4.74 Å². The molecule has 0 fully saturated rings. The van der Waals surface area contributed by atoms with Gasteiger partial charge in [0.25, 0.3) is 0 Å². The Balaban J connectivity index is 3.25. The Morgan fingerprint density at radius 3 is 2.55 bits per heavy atom. The molecular formula is C10H18O. The van der Waals surface area contributed by atoms with Gasteiger partial charge in [-0.15, -0.1) is 0 Å². The number of unbranched alkanes of at least 4 members (excludes halogenated alkanes) is 1. The number of allylic oxidation sites excluding steroid dienone is 2. The van der Waals surface area contributed by atoms with Gasteiger partial charge in [-0.3, -0.25) is 0 Å². The maximum Gasteiger partial charge on any atom is 0.0863 e. The predicted octanol–water partition coefficient (Wildman–Crippen LogP) is 3.49. The summed E-state index contributed by atoms with van der Waals surface area (Å²) in [6.07, 6.45) is 9.80. The average Bonchev–Trinajstić information content (AvgIpc) is 1.96. The van der Waals surface area contributed by atoms with E-state index in [1.54, 1.807) is 12.5 Å². The summed E-state index contributed by atoms with van der Waals surface area (Å²) in [5.41, 5.74) is 0. The molecule has 1 heteroatoms. The largest absolute Gasteiger partial charge is 0.473 e. The Morgan fingerprint density at radius 1 is 1.27 bits per heavy atom. The molecule has 0 heterocycles. The van der Waals surface area contributed by atoms with Crippen LogP contribution in [0.1, 0.15) is 33.6 Å². The number of ether oxygens (including phenoxy) is 1. The van der Waals surface area contributed by atoms with E-state index in [9.17, 15) is 0 Å². The van der Waals surface area contributed by atoms with Crippen molar-refractivity contribution in [3.63, 3.8) is 0 Å². The van der Waals surface area contributed by atoms with Gasteiger partial charge in [-0.1, -0.05) is 27.2 Å². The molecule has 0 amide bonds. The fraction of sp³-hybridized carbons (Fsp3) is 0.600. The first-order valence-corrected chi connectivity index (χ1v) is 4.24. The first-order chi connectivity index (χ1) is 5.27. The highest BCUT2D eigenvalue weighted by molar-refractivity contribution is 4.81. The zero-order valence-electron chi connectivity index (χ0n) is 7.71. The second kappa shape index (κ2) is 7.39. The Labute approximate surface area is 69.8 Å². The molecule has 0 aliphatic rings. The van der Waals surface area contributed by atoms with Crippen molar-refractivity contribution >= 4 is 0 Å². The van der Waals surface area contributed by atoms with Gasteiger partial charge in [-0.2, -0.15) is 0 Å². The summed E-state index contributed by atoms with van der Waals surface area (Å²) >= 11 is 0. The van der Waals surface area contributed by atoms with Crippen LogP contribution in [0.15, 0.2) is 24.7 Å². The van der Waals surface area contributed by atoms with Gasteiger partial charge < -0.3 is 4.74 Å². The summed E-state index contributed by atoms with van der Waals surface area (Å²) in [7, 11) is 0. The minimum atomic E-state index is 0.564. The molecule has 0 aliphatic heterocycles. The molecular weight excluding hydrogens is 136 g/mol. The van der Waals surface area contributed by atoms with Gasteiger partial charge >= 0.3 is 0 Å². The molecule has 0 aromatic rings. The van der Waals surface area contributed by atoms with Crippen molar-refractivity contribution in [3.8, 4) is 0 Å². The van der Waals surface area contributed by atoms with Crippen molar-refractivity contribution in [1.82, 2.24) is 0 Å². The first-order valence-electron chi connectivity index (χ1n) is 4.24. The molecule has 1 nitrogen and oxygen atoms in total. The number of hydrogen-bond acceptors (Lipinski definition) is 1. The van der Waals surface area contributed by atoms with E-state index in [-0.39, 0.29) is 0 Å². The van der Waals surface area contributed by atoms with Crippen LogP contribution in [0.3, 0.4) is 0 Å². The number of rotatable bonds is 5. The van der Waals surface area contributed by atoms with Gasteiger partial charge in [-0.05, 0) is 24.5 Å². The van der Waals surface area contributed by atoms with Crippen LogP contribution in [0.4, 0.5) is 0 Å². The molecule has 0 unspecified atom stereocenters. The SMILES string of the molecule is CCCC=COC=CC(C)C. The molecule has 0 aromatic heterocycles. The van der Waals surface area contributed by atoms with Crippen molar-refractivity contribution in [2.24, 2.45) is 5.92 Å². The van der Waals surface area contributed by atoms with Crippen LogP contribution in [0, 0.1) is 5.92 Å². The van der Waals surface area contributed by atoms with Crippen molar-refractivity contribution in [3.05, 3.63) is 24.7 Å². The Hall–Kier alpha value is -0.720. The Bertz CT molecular complexity index is 123. The molecule has 0 atom stereocenters. The fourth-order valence-electron chi connectivity index (χ4n) is 0.538. The van der Waals surface area contributed by atoms with Crippen molar-refractivity contribution in [1.29, 1.82) is 0 Å². The molecule has 0 spiro atoms. The van der Waals surface area contributed by atoms with Gasteiger partial charge in [0, 0.05) is 0 Å². The highest BCUT2D eigenvalue weighted by atomic mass is 16.5. The van der Waals surface area contributed by atoms with E-state index in [1.165, 1.54) is 6.42 Å². The summed E-state index contributed by atoms with van der Waals surface area (Å²) in [4.78, 5) is 0. The molecule has 0 radical (unpaired) electrons. The molecule has 0 rings (SSSR count). The van der Waals surface area contributed by atoms with E-state index in [0.717, 1.165) is 6.42 Å². The van der Waals surface area contributed by atoms with E-state index in [1.807, 2.05) is 12.2 Å². The lowest BCUT2D eigenvalue weighted by molar-refractivity contribution is 0.396. The summed E-state index contributed by atoms with van der Waals surface area (Å²) in [6, 6.07) is 0. The zero-order valence-corrected chi connectivity index (χ0v) is 7.71. The van der Waals surface area contributed by atoms with Crippen LogP contribution in [-0.4, -0.2) is 0 Å². The van der Waals surface area contributed by atoms with Gasteiger partial charge in [0.15, 0.2) is 0 Å². The predicted molar refractivity (Wildman–Crippen MR) is 49.1 cm³/mol. The van der Waals surface area contributed by atoms with E-state index < -0.39 is 0 Å². The minimum absolute atomic E-state index is 0.564. The summed E-state index contributed by atoms with van der Waals surface area (Å²) in [5.74, 6) is 0.564. The lowest BCUT2D eigenvalue weighted by Crippen LogP contribution is -1.77. The molecule has 0 bridgehead atoms. The highest BCUT2D eigenvalue weighted by Gasteiger charge is 1.80. The second-order valence-electron chi connectivity index (χ2n) is 2.87. The molecule has 0 aliphatic carbocycles. The average molecular weight is 154 g/mol. The van der Waals surface area contributed by atoms with Crippen LogP contribution in [0.2, 0.25) is 0 Å². The monoisotopic (exact) mass is 154 g/mol. The third-order valence-electron chi connectivity index (χ3n) is 1.17. The normalized spacial score (nSPS) is 12.0. The standard InChI is InChI=1S/C10H18O/c1-4-5-6-8-11-9-7-10(2)3/h6-10H,4-5H2,1-3H3.